The fourth-order valence-electron chi connectivity index (χ4n) is 2.31. The third-order valence-corrected chi connectivity index (χ3v) is 3.90. The van der Waals surface area contributed by atoms with Crippen LogP contribution < -0.4 is 5.32 Å². The Morgan fingerprint density at radius 3 is 2.67 bits per heavy atom. The van der Waals surface area contributed by atoms with E-state index in [1.165, 1.54) is 0 Å². The zero-order valence-electron chi connectivity index (χ0n) is 11.6. The molecule has 3 nitrogen and oxygen atoms in total. The predicted octanol–water partition coefficient (Wildman–Crippen LogP) is 3.87. The summed E-state index contributed by atoms with van der Waals surface area (Å²) in [6.45, 7) is 0.540. The van der Waals surface area contributed by atoms with Gasteiger partial charge in [0.05, 0.1) is 0 Å². The topological polar surface area (TPSA) is 34.0 Å². The molecule has 0 aliphatic carbocycles. The summed E-state index contributed by atoms with van der Waals surface area (Å²) in [4.78, 5) is 12.2. The zero-order valence-corrected chi connectivity index (χ0v) is 13.2. The van der Waals surface area contributed by atoms with Gasteiger partial charge in [0.15, 0.2) is 0 Å². The van der Waals surface area contributed by atoms with Gasteiger partial charge in [0.2, 0.25) is 0 Å². The van der Waals surface area contributed by atoms with Crippen molar-refractivity contribution in [2.24, 2.45) is 7.05 Å². The predicted molar refractivity (Wildman–Crippen MR) is 88.2 cm³/mol. The van der Waals surface area contributed by atoms with Crippen molar-refractivity contribution in [1.82, 2.24) is 9.88 Å². The van der Waals surface area contributed by atoms with Crippen LogP contribution in [0.3, 0.4) is 0 Å². The van der Waals surface area contributed by atoms with Crippen molar-refractivity contribution >= 4 is 32.6 Å². The van der Waals surface area contributed by atoms with Crippen molar-refractivity contribution < 1.29 is 4.79 Å². The molecule has 1 aromatic heterocycles. The first kappa shape index (κ1) is 13.9. The van der Waals surface area contributed by atoms with Crippen molar-refractivity contribution in [2.45, 2.75) is 6.54 Å². The van der Waals surface area contributed by atoms with Crippen LogP contribution in [0, 0.1) is 0 Å². The standard InChI is InChI=1S/C17H15BrN2O/c1-20-7-6-12(11-20)10-19-17(21)15-3-2-14-9-16(18)5-4-13(14)8-15/h2-9,11H,10H2,1H3,(H,19,21). The molecule has 1 heterocycles. The Bertz CT molecular complexity index is 807. The van der Waals surface area contributed by atoms with E-state index in [2.05, 4.69) is 21.2 Å². The summed E-state index contributed by atoms with van der Waals surface area (Å²) >= 11 is 3.45. The molecule has 0 aliphatic heterocycles. The van der Waals surface area contributed by atoms with E-state index in [1.807, 2.05) is 66.5 Å². The number of carbonyl (C=O) groups is 1. The molecule has 1 N–H and O–H groups in total. The molecule has 0 saturated carbocycles. The number of nitrogens with one attached hydrogen (secondary N) is 1. The Hall–Kier alpha value is -2.07. The van der Waals surface area contributed by atoms with Crippen LogP contribution in [0.2, 0.25) is 0 Å². The maximum atomic E-state index is 12.2. The molecular formula is C17H15BrN2O. The Balaban J connectivity index is 1.76. The fraction of sp³-hybridized carbons (Fsp3) is 0.118. The SMILES string of the molecule is Cn1ccc(CNC(=O)c2ccc3cc(Br)ccc3c2)c1. The van der Waals surface area contributed by atoms with E-state index in [1.54, 1.807) is 0 Å². The molecule has 0 spiro atoms. The van der Waals surface area contributed by atoms with Crippen LogP contribution in [0.5, 0.6) is 0 Å². The van der Waals surface area contributed by atoms with E-state index in [4.69, 9.17) is 0 Å². The van der Waals surface area contributed by atoms with Gasteiger partial charge < -0.3 is 9.88 Å². The number of amides is 1. The maximum Gasteiger partial charge on any atom is 0.251 e. The highest BCUT2D eigenvalue weighted by molar-refractivity contribution is 9.10. The van der Waals surface area contributed by atoms with Crippen molar-refractivity contribution in [1.29, 1.82) is 0 Å². The normalized spacial score (nSPS) is 10.8. The summed E-state index contributed by atoms with van der Waals surface area (Å²) < 4.78 is 3.01. The number of hydrogen-bond donors (Lipinski definition) is 1. The molecular weight excluding hydrogens is 328 g/mol. The average molecular weight is 343 g/mol. The van der Waals surface area contributed by atoms with Gasteiger partial charge in [-0.2, -0.15) is 0 Å². The Morgan fingerprint density at radius 2 is 1.90 bits per heavy atom. The van der Waals surface area contributed by atoms with Gasteiger partial charge in [0.25, 0.3) is 5.91 Å². The highest BCUT2D eigenvalue weighted by Crippen LogP contribution is 2.21. The number of benzene rings is 2. The molecule has 0 unspecified atom stereocenters. The van der Waals surface area contributed by atoms with Crippen LogP contribution in [-0.2, 0) is 13.6 Å². The maximum absolute atomic E-state index is 12.2. The number of carbonyl (C=O) groups excluding carboxylic acids is 1. The van der Waals surface area contributed by atoms with Crippen molar-refractivity contribution in [2.75, 3.05) is 0 Å². The molecule has 4 heteroatoms. The molecule has 3 rings (SSSR count). The van der Waals surface area contributed by atoms with Gasteiger partial charge in [-0.25, -0.2) is 0 Å². The monoisotopic (exact) mass is 342 g/mol. The highest BCUT2D eigenvalue weighted by atomic mass is 79.9. The molecule has 0 saturated heterocycles. The first-order chi connectivity index (χ1) is 10.1. The van der Waals surface area contributed by atoms with E-state index < -0.39 is 0 Å². The van der Waals surface area contributed by atoms with Crippen LogP contribution >= 0.6 is 15.9 Å². The first-order valence-corrected chi connectivity index (χ1v) is 7.49. The van der Waals surface area contributed by atoms with Gasteiger partial charge in [-0.05, 0) is 46.7 Å². The van der Waals surface area contributed by atoms with Crippen LogP contribution in [0.25, 0.3) is 10.8 Å². The summed E-state index contributed by atoms with van der Waals surface area (Å²) in [6, 6.07) is 13.8. The molecule has 21 heavy (non-hydrogen) atoms. The second-order valence-electron chi connectivity index (χ2n) is 5.07. The Kier molecular flexibility index (Phi) is 3.80. The summed E-state index contributed by atoms with van der Waals surface area (Å²) in [5, 5.41) is 5.12. The lowest BCUT2D eigenvalue weighted by atomic mass is 10.1. The zero-order chi connectivity index (χ0) is 14.8. The van der Waals surface area contributed by atoms with Crippen LogP contribution in [0.1, 0.15) is 15.9 Å². The largest absolute Gasteiger partial charge is 0.357 e. The lowest BCUT2D eigenvalue weighted by Gasteiger charge is -2.06. The minimum atomic E-state index is -0.0522. The molecule has 0 bridgehead atoms. The van der Waals surface area contributed by atoms with Gasteiger partial charge in [-0.15, -0.1) is 0 Å². The van der Waals surface area contributed by atoms with Crippen LogP contribution in [0.4, 0.5) is 0 Å². The lowest BCUT2D eigenvalue weighted by molar-refractivity contribution is 0.0951. The van der Waals surface area contributed by atoms with Crippen molar-refractivity contribution in [3.8, 4) is 0 Å². The quantitative estimate of drug-likeness (QED) is 0.770. The average Bonchev–Trinajstić information content (AvgIpc) is 2.90. The van der Waals surface area contributed by atoms with Gasteiger partial charge in [0, 0.05) is 36.0 Å². The first-order valence-electron chi connectivity index (χ1n) is 6.70. The van der Waals surface area contributed by atoms with Gasteiger partial charge in [-0.1, -0.05) is 28.1 Å². The third kappa shape index (κ3) is 3.16. The number of aryl methyl sites for hydroxylation is 1. The molecule has 3 aromatic rings. The Labute approximate surface area is 131 Å². The van der Waals surface area contributed by atoms with E-state index in [-0.39, 0.29) is 5.91 Å². The molecule has 0 atom stereocenters. The second-order valence-corrected chi connectivity index (χ2v) is 5.99. The minimum absolute atomic E-state index is 0.0522. The number of nitrogens with zero attached hydrogens (tertiary/aromatic N) is 1. The minimum Gasteiger partial charge on any atom is -0.357 e. The molecule has 106 valence electrons. The van der Waals surface area contributed by atoms with Crippen LogP contribution in [0.15, 0.2) is 59.3 Å². The molecule has 0 aliphatic rings. The fourth-order valence-corrected chi connectivity index (χ4v) is 2.69. The molecule has 1 amide bonds. The lowest BCUT2D eigenvalue weighted by Crippen LogP contribution is -2.22. The van der Waals surface area contributed by atoms with Gasteiger partial charge in [0.1, 0.15) is 0 Å². The van der Waals surface area contributed by atoms with E-state index in [0.29, 0.717) is 12.1 Å². The third-order valence-electron chi connectivity index (χ3n) is 3.41. The summed E-state index contributed by atoms with van der Waals surface area (Å²) in [7, 11) is 1.97. The van der Waals surface area contributed by atoms with E-state index in [9.17, 15) is 4.79 Å². The van der Waals surface area contributed by atoms with Crippen molar-refractivity contribution in [3.05, 3.63) is 70.5 Å². The van der Waals surface area contributed by atoms with E-state index >= 15 is 0 Å². The summed E-state index contributed by atoms with van der Waals surface area (Å²) in [5.74, 6) is -0.0522. The molecule has 0 fully saturated rings. The number of halogens is 1. The smallest absolute Gasteiger partial charge is 0.251 e. The number of fused-ring (bicyclic) bond motifs is 1. The number of aromatic nitrogens is 1. The van der Waals surface area contributed by atoms with E-state index in [0.717, 1.165) is 20.8 Å². The molecule has 0 radical (unpaired) electrons. The molecule has 2 aromatic carbocycles. The second kappa shape index (κ2) is 5.74. The van der Waals surface area contributed by atoms with Crippen LogP contribution in [-0.4, -0.2) is 10.5 Å². The number of rotatable bonds is 3. The van der Waals surface area contributed by atoms with Crippen molar-refractivity contribution in [3.63, 3.8) is 0 Å². The summed E-state index contributed by atoms with van der Waals surface area (Å²) in [5.41, 5.74) is 1.77. The van der Waals surface area contributed by atoms with Gasteiger partial charge >= 0.3 is 0 Å². The Morgan fingerprint density at radius 1 is 1.14 bits per heavy atom. The summed E-state index contributed by atoms with van der Waals surface area (Å²) in [6.07, 6.45) is 3.97. The highest BCUT2D eigenvalue weighted by Gasteiger charge is 2.06. The van der Waals surface area contributed by atoms with Gasteiger partial charge in [-0.3, -0.25) is 4.79 Å². The number of hydrogen-bond acceptors (Lipinski definition) is 1.